The Morgan fingerprint density at radius 3 is 2.89 bits per heavy atom. The Labute approximate surface area is 120 Å². The van der Waals surface area contributed by atoms with Gasteiger partial charge in [0.25, 0.3) is 5.91 Å². The number of hydrogen-bond acceptors (Lipinski definition) is 3. The molecule has 3 N–H and O–H groups in total. The summed E-state index contributed by atoms with van der Waals surface area (Å²) in [6.45, 7) is 0.570. The molecular weight excluding hydrogens is 306 g/mol. The number of nitrogens with two attached hydrogens (primary N) is 1. The lowest BCUT2D eigenvalue weighted by Crippen LogP contribution is -2.25. The summed E-state index contributed by atoms with van der Waals surface area (Å²) < 4.78 is 0.791. The molecule has 1 aromatic carbocycles. The Morgan fingerprint density at radius 2 is 2.21 bits per heavy atom. The molecule has 4 nitrogen and oxygen atoms in total. The van der Waals surface area contributed by atoms with E-state index in [0.717, 1.165) is 16.5 Å². The SMILES string of the molecule is Nc1cc(C(=O)NCCc2cccnc2)ccc1Br. The number of nitrogen functional groups attached to an aromatic ring is 1. The lowest BCUT2D eigenvalue weighted by molar-refractivity contribution is 0.0954. The average Bonchev–Trinajstić information content (AvgIpc) is 2.43. The van der Waals surface area contributed by atoms with Gasteiger partial charge in [0.15, 0.2) is 0 Å². The van der Waals surface area contributed by atoms with Gasteiger partial charge in [-0.1, -0.05) is 6.07 Å². The maximum absolute atomic E-state index is 11.9. The van der Waals surface area contributed by atoms with Crippen molar-refractivity contribution in [2.45, 2.75) is 6.42 Å². The van der Waals surface area contributed by atoms with Gasteiger partial charge < -0.3 is 11.1 Å². The van der Waals surface area contributed by atoms with Crippen LogP contribution >= 0.6 is 15.9 Å². The summed E-state index contributed by atoms with van der Waals surface area (Å²) in [5.41, 5.74) is 7.96. The Balaban J connectivity index is 1.89. The minimum absolute atomic E-state index is 0.122. The van der Waals surface area contributed by atoms with E-state index in [0.29, 0.717) is 17.8 Å². The smallest absolute Gasteiger partial charge is 0.251 e. The zero-order valence-corrected chi connectivity index (χ0v) is 11.9. The summed E-state index contributed by atoms with van der Waals surface area (Å²) in [5, 5.41) is 2.86. The van der Waals surface area contributed by atoms with Crippen molar-refractivity contribution in [1.82, 2.24) is 10.3 Å². The first-order chi connectivity index (χ1) is 9.16. The number of halogens is 1. The van der Waals surface area contributed by atoms with Crippen LogP contribution in [0, 0.1) is 0 Å². The Bertz CT molecular complexity index is 572. The fourth-order valence-electron chi connectivity index (χ4n) is 1.65. The molecule has 5 heteroatoms. The van der Waals surface area contributed by atoms with Crippen LogP contribution in [-0.4, -0.2) is 17.4 Å². The molecule has 0 aliphatic carbocycles. The summed E-state index contributed by atoms with van der Waals surface area (Å²) in [5.74, 6) is -0.122. The number of rotatable bonds is 4. The van der Waals surface area contributed by atoms with Gasteiger partial charge in [-0.2, -0.15) is 0 Å². The van der Waals surface area contributed by atoms with E-state index in [1.165, 1.54) is 0 Å². The van der Waals surface area contributed by atoms with Crippen molar-refractivity contribution in [2.75, 3.05) is 12.3 Å². The number of nitrogens with zero attached hydrogens (tertiary/aromatic N) is 1. The standard InChI is InChI=1S/C14H14BrN3O/c15-12-4-3-11(8-13(12)16)14(19)18-7-5-10-2-1-6-17-9-10/h1-4,6,8-9H,5,7,16H2,(H,18,19). The Hall–Kier alpha value is -1.88. The molecule has 0 saturated heterocycles. The highest BCUT2D eigenvalue weighted by Gasteiger charge is 2.06. The summed E-state index contributed by atoms with van der Waals surface area (Å²) in [6, 6.07) is 9.03. The van der Waals surface area contributed by atoms with Crippen LogP contribution in [0.3, 0.4) is 0 Å². The largest absolute Gasteiger partial charge is 0.398 e. The molecular formula is C14H14BrN3O. The van der Waals surface area contributed by atoms with Crippen LogP contribution in [0.25, 0.3) is 0 Å². The van der Waals surface area contributed by atoms with Crippen LogP contribution in [0.2, 0.25) is 0 Å². The normalized spacial score (nSPS) is 10.2. The average molecular weight is 320 g/mol. The third-order valence-electron chi connectivity index (χ3n) is 2.68. The van der Waals surface area contributed by atoms with Gasteiger partial charge in [0.1, 0.15) is 0 Å². The second-order valence-electron chi connectivity index (χ2n) is 4.10. The van der Waals surface area contributed by atoms with Crippen LogP contribution in [-0.2, 0) is 6.42 Å². The van der Waals surface area contributed by atoms with Crippen LogP contribution in [0.15, 0.2) is 47.2 Å². The van der Waals surface area contributed by atoms with Crippen molar-refractivity contribution in [3.63, 3.8) is 0 Å². The maximum Gasteiger partial charge on any atom is 0.251 e. The molecule has 0 bridgehead atoms. The quantitative estimate of drug-likeness (QED) is 0.850. The minimum Gasteiger partial charge on any atom is -0.398 e. The molecule has 98 valence electrons. The van der Waals surface area contributed by atoms with E-state index in [2.05, 4.69) is 26.2 Å². The highest BCUT2D eigenvalue weighted by molar-refractivity contribution is 9.10. The minimum atomic E-state index is -0.122. The van der Waals surface area contributed by atoms with Crippen LogP contribution < -0.4 is 11.1 Å². The number of amides is 1. The number of aromatic nitrogens is 1. The van der Waals surface area contributed by atoms with Gasteiger partial charge >= 0.3 is 0 Å². The lowest BCUT2D eigenvalue weighted by atomic mass is 10.2. The third-order valence-corrected chi connectivity index (χ3v) is 3.40. The van der Waals surface area contributed by atoms with Gasteiger partial charge in [-0.05, 0) is 52.2 Å². The number of carbonyl (C=O) groups is 1. The topological polar surface area (TPSA) is 68.0 Å². The molecule has 0 saturated carbocycles. The van der Waals surface area contributed by atoms with Crippen molar-refractivity contribution in [2.24, 2.45) is 0 Å². The number of nitrogens with one attached hydrogen (secondary N) is 1. The Morgan fingerprint density at radius 1 is 1.37 bits per heavy atom. The highest BCUT2D eigenvalue weighted by Crippen LogP contribution is 2.20. The Kier molecular flexibility index (Phi) is 4.52. The predicted octanol–water partition coefficient (Wildman–Crippen LogP) is 2.40. The first-order valence-electron chi connectivity index (χ1n) is 5.89. The van der Waals surface area contributed by atoms with Gasteiger partial charge in [-0.3, -0.25) is 9.78 Å². The molecule has 0 fully saturated rings. The van der Waals surface area contributed by atoms with Gasteiger partial charge in [0.05, 0.1) is 0 Å². The fourth-order valence-corrected chi connectivity index (χ4v) is 1.90. The highest BCUT2D eigenvalue weighted by atomic mass is 79.9. The number of carbonyl (C=O) groups excluding carboxylic acids is 1. The summed E-state index contributed by atoms with van der Waals surface area (Å²) in [6.07, 6.45) is 4.28. The van der Waals surface area contributed by atoms with Gasteiger partial charge in [0.2, 0.25) is 0 Å². The number of pyridine rings is 1. The molecule has 0 spiro atoms. The maximum atomic E-state index is 11.9. The first-order valence-corrected chi connectivity index (χ1v) is 6.68. The first kappa shape index (κ1) is 13.5. The van der Waals surface area contributed by atoms with Crippen LogP contribution in [0.5, 0.6) is 0 Å². The molecule has 0 atom stereocenters. The van der Waals surface area contributed by atoms with Gasteiger partial charge in [0, 0.05) is 34.7 Å². The molecule has 2 aromatic rings. The van der Waals surface area contributed by atoms with E-state index in [-0.39, 0.29) is 5.91 Å². The van der Waals surface area contributed by atoms with Crippen molar-refractivity contribution < 1.29 is 4.79 Å². The number of hydrogen-bond donors (Lipinski definition) is 2. The summed E-state index contributed by atoms with van der Waals surface area (Å²) >= 11 is 3.30. The van der Waals surface area contributed by atoms with E-state index in [4.69, 9.17) is 5.73 Å². The summed E-state index contributed by atoms with van der Waals surface area (Å²) in [4.78, 5) is 15.9. The van der Waals surface area contributed by atoms with Crippen LogP contribution in [0.4, 0.5) is 5.69 Å². The zero-order valence-electron chi connectivity index (χ0n) is 10.3. The molecule has 1 amide bonds. The molecule has 0 unspecified atom stereocenters. The monoisotopic (exact) mass is 319 g/mol. The lowest BCUT2D eigenvalue weighted by Gasteiger charge is -2.06. The second-order valence-corrected chi connectivity index (χ2v) is 4.96. The molecule has 0 aliphatic heterocycles. The van der Waals surface area contributed by atoms with Gasteiger partial charge in [-0.15, -0.1) is 0 Å². The number of benzene rings is 1. The molecule has 1 heterocycles. The molecule has 19 heavy (non-hydrogen) atoms. The molecule has 0 aliphatic rings. The molecule has 2 rings (SSSR count). The van der Waals surface area contributed by atoms with Crippen molar-refractivity contribution >= 4 is 27.5 Å². The predicted molar refractivity (Wildman–Crippen MR) is 78.8 cm³/mol. The van der Waals surface area contributed by atoms with Crippen molar-refractivity contribution in [3.8, 4) is 0 Å². The second kappa shape index (κ2) is 6.33. The van der Waals surface area contributed by atoms with Crippen LogP contribution in [0.1, 0.15) is 15.9 Å². The number of anilines is 1. The zero-order chi connectivity index (χ0) is 13.7. The van der Waals surface area contributed by atoms with E-state index in [1.807, 2.05) is 12.1 Å². The summed E-state index contributed by atoms with van der Waals surface area (Å²) in [7, 11) is 0. The van der Waals surface area contributed by atoms with Crippen molar-refractivity contribution in [3.05, 3.63) is 58.3 Å². The fraction of sp³-hybridized carbons (Fsp3) is 0.143. The van der Waals surface area contributed by atoms with E-state index in [9.17, 15) is 4.79 Å². The van der Waals surface area contributed by atoms with E-state index < -0.39 is 0 Å². The van der Waals surface area contributed by atoms with Crippen molar-refractivity contribution in [1.29, 1.82) is 0 Å². The third kappa shape index (κ3) is 3.79. The molecule has 1 aromatic heterocycles. The van der Waals surface area contributed by atoms with E-state index >= 15 is 0 Å². The van der Waals surface area contributed by atoms with E-state index in [1.54, 1.807) is 30.6 Å². The van der Waals surface area contributed by atoms with Gasteiger partial charge in [-0.25, -0.2) is 0 Å². The molecule has 0 radical (unpaired) electrons.